The highest BCUT2D eigenvalue weighted by Gasteiger charge is 2.12. The zero-order valence-electron chi connectivity index (χ0n) is 8.97. The Bertz CT molecular complexity index is 474. The van der Waals surface area contributed by atoms with Crippen LogP contribution in [0.4, 0.5) is 13.2 Å². The lowest BCUT2D eigenvalue weighted by Gasteiger charge is -2.01. The minimum atomic E-state index is -2.83. The van der Waals surface area contributed by atoms with Crippen LogP contribution in [0.25, 0.3) is 0 Å². The van der Waals surface area contributed by atoms with E-state index >= 15 is 0 Å². The third-order valence-corrected chi connectivity index (χ3v) is 2.51. The van der Waals surface area contributed by atoms with Crippen molar-refractivity contribution in [1.29, 1.82) is 0 Å². The quantitative estimate of drug-likeness (QED) is 0.756. The van der Waals surface area contributed by atoms with Crippen molar-refractivity contribution in [3.05, 3.63) is 35.1 Å². The SMILES string of the molecule is CC(=O)SCC#Cc1ccc(C(F)F)c(F)c1. The van der Waals surface area contributed by atoms with Gasteiger partial charge in [-0.05, 0) is 18.2 Å². The van der Waals surface area contributed by atoms with Crippen molar-refractivity contribution >= 4 is 16.9 Å². The van der Waals surface area contributed by atoms with Gasteiger partial charge < -0.3 is 0 Å². The van der Waals surface area contributed by atoms with Gasteiger partial charge in [0.15, 0.2) is 5.12 Å². The molecule has 5 heteroatoms. The normalized spacial score (nSPS) is 9.94. The lowest BCUT2D eigenvalue weighted by atomic mass is 10.1. The highest BCUT2D eigenvalue weighted by Crippen LogP contribution is 2.22. The summed E-state index contributed by atoms with van der Waals surface area (Å²) in [5, 5.41) is -0.0569. The fourth-order valence-electron chi connectivity index (χ4n) is 1.06. The summed E-state index contributed by atoms with van der Waals surface area (Å²) in [4.78, 5) is 10.6. The summed E-state index contributed by atoms with van der Waals surface area (Å²) >= 11 is 1.04. The van der Waals surface area contributed by atoms with E-state index < -0.39 is 17.8 Å². The van der Waals surface area contributed by atoms with Crippen molar-refractivity contribution in [2.75, 3.05) is 5.75 Å². The zero-order chi connectivity index (χ0) is 12.8. The fraction of sp³-hybridized carbons (Fsp3) is 0.250. The van der Waals surface area contributed by atoms with Crippen molar-refractivity contribution in [2.45, 2.75) is 13.3 Å². The molecule has 0 saturated carbocycles. The smallest absolute Gasteiger partial charge is 0.266 e. The molecule has 1 nitrogen and oxygen atoms in total. The van der Waals surface area contributed by atoms with Crippen LogP contribution >= 0.6 is 11.8 Å². The van der Waals surface area contributed by atoms with Gasteiger partial charge in [0.05, 0.1) is 11.3 Å². The number of rotatable bonds is 2. The van der Waals surface area contributed by atoms with Crippen LogP contribution in [0, 0.1) is 17.7 Å². The Kier molecular flexibility index (Phi) is 5.11. The Balaban J connectivity index is 2.73. The topological polar surface area (TPSA) is 17.1 Å². The molecule has 0 amide bonds. The van der Waals surface area contributed by atoms with Crippen LogP contribution < -0.4 is 0 Å². The molecule has 1 aromatic carbocycles. The number of hydrogen-bond donors (Lipinski definition) is 0. The molecule has 0 bridgehead atoms. The number of hydrogen-bond acceptors (Lipinski definition) is 2. The lowest BCUT2D eigenvalue weighted by Crippen LogP contribution is -1.91. The van der Waals surface area contributed by atoms with E-state index in [-0.39, 0.29) is 5.12 Å². The zero-order valence-corrected chi connectivity index (χ0v) is 9.78. The molecule has 1 rings (SSSR count). The molecule has 0 atom stereocenters. The molecule has 0 N–H and O–H groups in total. The number of alkyl halides is 2. The van der Waals surface area contributed by atoms with Gasteiger partial charge >= 0.3 is 0 Å². The van der Waals surface area contributed by atoms with E-state index in [2.05, 4.69) is 11.8 Å². The predicted molar refractivity (Wildman–Crippen MR) is 61.4 cm³/mol. The Morgan fingerprint density at radius 1 is 1.47 bits per heavy atom. The monoisotopic (exact) mass is 258 g/mol. The van der Waals surface area contributed by atoms with Gasteiger partial charge in [-0.1, -0.05) is 23.6 Å². The first-order valence-corrected chi connectivity index (χ1v) is 5.69. The predicted octanol–water partition coefficient (Wildman–Crippen LogP) is 3.39. The Morgan fingerprint density at radius 2 is 2.18 bits per heavy atom. The van der Waals surface area contributed by atoms with E-state index in [0.29, 0.717) is 11.3 Å². The van der Waals surface area contributed by atoms with E-state index in [0.717, 1.165) is 23.9 Å². The van der Waals surface area contributed by atoms with Crippen molar-refractivity contribution < 1.29 is 18.0 Å². The summed E-state index contributed by atoms with van der Waals surface area (Å²) in [5.41, 5.74) is -0.315. The van der Waals surface area contributed by atoms with Gasteiger partial charge in [0.2, 0.25) is 0 Å². The summed E-state index contributed by atoms with van der Waals surface area (Å²) in [6.07, 6.45) is -2.83. The maximum atomic E-state index is 13.1. The maximum Gasteiger partial charge on any atom is 0.266 e. The van der Waals surface area contributed by atoms with Crippen molar-refractivity contribution in [1.82, 2.24) is 0 Å². The standard InChI is InChI=1S/C12H9F3OS/c1-8(16)17-6-2-3-9-4-5-10(12(14)15)11(13)7-9/h4-5,7,12H,6H2,1H3. The van der Waals surface area contributed by atoms with Gasteiger partial charge in [0, 0.05) is 12.5 Å². The Hall–Kier alpha value is -1.41. The van der Waals surface area contributed by atoms with Crippen molar-refractivity contribution in [3.63, 3.8) is 0 Å². The van der Waals surface area contributed by atoms with E-state index in [1.807, 2.05) is 0 Å². The molecule has 0 aliphatic heterocycles. The van der Waals surface area contributed by atoms with Crippen LogP contribution in [0.3, 0.4) is 0 Å². The van der Waals surface area contributed by atoms with Gasteiger partial charge in [0.25, 0.3) is 6.43 Å². The molecular formula is C12H9F3OS. The number of benzene rings is 1. The Morgan fingerprint density at radius 3 is 2.71 bits per heavy atom. The van der Waals surface area contributed by atoms with Gasteiger partial charge in [-0.15, -0.1) is 0 Å². The van der Waals surface area contributed by atoms with Gasteiger partial charge in [-0.3, -0.25) is 4.79 Å². The molecular weight excluding hydrogens is 249 g/mol. The summed E-state index contributed by atoms with van der Waals surface area (Å²) in [7, 11) is 0. The number of halogens is 3. The molecule has 0 aliphatic rings. The molecule has 0 spiro atoms. The van der Waals surface area contributed by atoms with E-state index in [9.17, 15) is 18.0 Å². The minimum absolute atomic E-state index is 0.0569. The fourth-order valence-corrected chi connectivity index (χ4v) is 1.41. The van der Waals surface area contributed by atoms with Crippen LogP contribution in [-0.2, 0) is 4.79 Å². The second-order valence-electron chi connectivity index (χ2n) is 3.12. The molecule has 17 heavy (non-hydrogen) atoms. The molecule has 0 aromatic heterocycles. The number of thioether (sulfide) groups is 1. The minimum Gasteiger partial charge on any atom is -0.288 e. The Labute approximate surface area is 101 Å². The molecule has 0 radical (unpaired) electrons. The van der Waals surface area contributed by atoms with Gasteiger partial charge in [-0.25, -0.2) is 13.2 Å². The highest BCUT2D eigenvalue weighted by atomic mass is 32.2. The average Bonchev–Trinajstić information content (AvgIpc) is 2.23. The molecule has 0 fully saturated rings. The number of carbonyl (C=O) groups is 1. The van der Waals surface area contributed by atoms with Crippen molar-refractivity contribution in [3.8, 4) is 11.8 Å². The second-order valence-corrected chi connectivity index (χ2v) is 4.27. The third kappa shape index (κ3) is 4.53. The molecule has 0 unspecified atom stereocenters. The van der Waals surface area contributed by atoms with E-state index in [1.54, 1.807) is 0 Å². The second kappa shape index (κ2) is 6.36. The number of carbonyl (C=O) groups excluding carboxylic acids is 1. The molecule has 90 valence electrons. The molecule has 1 aromatic rings. The first kappa shape index (κ1) is 13.7. The highest BCUT2D eigenvalue weighted by molar-refractivity contribution is 8.13. The molecule has 0 heterocycles. The van der Waals surface area contributed by atoms with Crippen LogP contribution in [-0.4, -0.2) is 10.9 Å². The maximum absolute atomic E-state index is 13.1. The largest absolute Gasteiger partial charge is 0.288 e. The average molecular weight is 258 g/mol. The van der Waals surface area contributed by atoms with Crippen molar-refractivity contribution in [2.24, 2.45) is 0 Å². The summed E-state index contributed by atoms with van der Waals surface area (Å²) in [6.45, 7) is 1.42. The first-order valence-electron chi connectivity index (χ1n) is 4.70. The van der Waals surface area contributed by atoms with Crippen LogP contribution in [0.5, 0.6) is 0 Å². The summed E-state index contributed by atoms with van der Waals surface area (Å²) in [6, 6.07) is 3.31. The van der Waals surface area contributed by atoms with Crippen LogP contribution in [0.2, 0.25) is 0 Å². The van der Waals surface area contributed by atoms with E-state index in [1.165, 1.54) is 13.0 Å². The first-order chi connectivity index (χ1) is 8.00. The summed E-state index contributed by atoms with van der Waals surface area (Å²) < 4.78 is 37.6. The van der Waals surface area contributed by atoms with Crippen LogP contribution in [0.1, 0.15) is 24.5 Å². The van der Waals surface area contributed by atoms with Gasteiger partial charge in [0.1, 0.15) is 5.82 Å². The molecule has 0 aliphatic carbocycles. The van der Waals surface area contributed by atoms with Gasteiger partial charge in [-0.2, -0.15) is 0 Å². The molecule has 0 saturated heterocycles. The lowest BCUT2D eigenvalue weighted by molar-refractivity contribution is -0.109. The third-order valence-electron chi connectivity index (χ3n) is 1.82. The van der Waals surface area contributed by atoms with Crippen LogP contribution in [0.15, 0.2) is 18.2 Å². The summed E-state index contributed by atoms with van der Waals surface area (Å²) in [5.74, 6) is 4.58. The van der Waals surface area contributed by atoms with E-state index in [4.69, 9.17) is 0 Å².